The van der Waals surface area contributed by atoms with Crippen molar-refractivity contribution in [3.05, 3.63) is 0 Å². The lowest BCUT2D eigenvalue weighted by Crippen LogP contribution is -2.39. The first-order valence-electron chi connectivity index (χ1n) is 10.6. The van der Waals surface area contributed by atoms with Crippen LogP contribution in [0.15, 0.2) is 0 Å². The van der Waals surface area contributed by atoms with Crippen molar-refractivity contribution in [2.75, 3.05) is 13.2 Å². The van der Waals surface area contributed by atoms with Crippen LogP contribution in [0, 0.1) is 0 Å². The van der Waals surface area contributed by atoms with Gasteiger partial charge in [-0.25, -0.2) is 9.59 Å². The third-order valence-corrected chi connectivity index (χ3v) is 4.32. The molecule has 0 fully saturated rings. The van der Waals surface area contributed by atoms with Crippen LogP contribution in [-0.2, 0) is 19.1 Å². The van der Waals surface area contributed by atoms with Crippen LogP contribution in [0.1, 0.15) is 77.6 Å². The van der Waals surface area contributed by atoms with Gasteiger partial charge in [-0.2, -0.15) is 0 Å². The third kappa shape index (κ3) is 18.3. The summed E-state index contributed by atoms with van der Waals surface area (Å²) in [4.78, 5) is 31.1. The van der Waals surface area contributed by atoms with Gasteiger partial charge in [-0.05, 0) is 25.8 Å². The number of rotatable bonds is 17. The molecule has 0 heterocycles. The molecule has 0 aromatic carbocycles. The smallest absolute Gasteiger partial charge is 0.335 e. The molecule has 0 saturated heterocycles. The lowest BCUT2D eigenvalue weighted by Gasteiger charge is -2.11. The number of aliphatic carboxylic acids is 2. The lowest BCUT2D eigenvalue weighted by atomic mass is 10.1. The molecule has 0 aliphatic heterocycles. The minimum absolute atomic E-state index is 0.259. The number of ether oxygens (including phenoxy) is 1. The van der Waals surface area contributed by atoms with Crippen LogP contribution in [0.4, 0.5) is 0 Å². The van der Waals surface area contributed by atoms with Crippen molar-refractivity contribution in [3.8, 4) is 0 Å². The summed E-state index contributed by atoms with van der Waals surface area (Å²) in [6.07, 6.45) is 7.91. The highest BCUT2D eigenvalue weighted by atomic mass is 16.5. The van der Waals surface area contributed by atoms with Gasteiger partial charge >= 0.3 is 17.9 Å². The zero-order valence-corrected chi connectivity index (χ0v) is 18.0. The lowest BCUT2D eigenvalue weighted by molar-refractivity contribution is -0.165. The highest BCUT2D eigenvalue weighted by molar-refractivity contribution is 5.83. The summed E-state index contributed by atoms with van der Waals surface area (Å²) < 4.78 is 5.18. The molecule has 2 unspecified atom stereocenters. The monoisotopic (exact) mass is 436 g/mol. The molecule has 0 amide bonds. The highest BCUT2D eigenvalue weighted by Crippen LogP contribution is 2.08. The number of esters is 1. The Kier molecular flexibility index (Phi) is 20.8. The number of hydrogen-bond donors (Lipinski definition) is 6. The number of carbonyl (C=O) groups is 3. The van der Waals surface area contributed by atoms with Crippen molar-refractivity contribution in [3.63, 3.8) is 0 Å². The molecule has 0 saturated carbocycles. The second-order valence-electron chi connectivity index (χ2n) is 7.10. The van der Waals surface area contributed by atoms with E-state index in [9.17, 15) is 14.4 Å². The molecule has 10 heteroatoms. The minimum atomic E-state index is -2.27. The van der Waals surface area contributed by atoms with Gasteiger partial charge < -0.3 is 36.6 Å². The second-order valence-corrected chi connectivity index (χ2v) is 7.10. The first kappa shape index (κ1) is 30.4. The van der Waals surface area contributed by atoms with Crippen molar-refractivity contribution in [2.24, 2.45) is 11.5 Å². The van der Waals surface area contributed by atoms with Crippen LogP contribution < -0.4 is 11.5 Å². The maximum Gasteiger partial charge on any atom is 0.335 e. The molecule has 30 heavy (non-hydrogen) atoms. The molecule has 0 aromatic heterocycles. The van der Waals surface area contributed by atoms with E-state index in [0.717, 1.165) is 25.7 Å². The molecule has 0 radical (unpaired) electrons. The average molecular weight is 437 g/mol. The summed E-state index contributed by atoms with van der Waals surface area (Å²) in [5, 5.41) is 32.5. The first-order chi connectivity index (χ1) is 14.2. The van der Waals surface area contributed by atoms with Crippen LogP contribution in [0.3, 0.4) is 0 Å². The molecule has 0 aliphatic rings. The van der Waals surface area contributed by atoms with Crippen molar-refractivity contribution < 1.29 is 39.5 Å². The van der Waals surface area contributed by atoms with Gasteiger partial charge in [-0.15, -0.1) is 0 Å². The molecule has 178 valence electrons. The van der Waals surface area contributed by atoms with Crippen LogP contribution in [0.2, 0.25) is 0 Å². The second kappa shape index (κ2) is 20.5. The average Bonchev–Trinajstić information content (AvgIpc) is 2.71. The molecule has 0 bridgehead atoms. The van der Waals surface area contributed by atoms with Gasteiger partial charge in [-0.3, -0.25) is 4.79 Å². The quantitative estimate of drug-likeness (QED) is 0.141. The Labute approximate surface area is 178 Å². The largest absolute Gasteiger partial charge is 0.479 e. The number of hydrogen-bond acceptors (Lipinski definition) is 8. The summed E-state index contributed by atoms with van der Waals surface area (Å²) in [5.41, 5.74) is 11.2. The van der Waals surface area contributed by atoms with Gasteiger partial charge in [-0.1, -0.05) is 58.3 Å². The Morgan fingerprint density at radius 2 is 1.27 bits per heavy atom. The van der Waals surface area contributed by atoms with Crippen molar-refractivity contribution in [1.82, 2.24) is 0 Å². The number of carboxylic acids is 2. The number of nitrogens with two attached hydrogens (primary N) is 2. The Morgan fingerprint density at radius 3 is 1.70 bits per heavy atom. The van der Waals surface area contributed by atoms with Crippen LogP contribution >= 0.6 is 0 Å². The van der Waals surface area contributed by atoms with E-state index in [1.807, 2.05) is 0 Å². The molecule has 10 nitrogen and oxygen atoms in total. The van der Waals surface area contributed by atoms with E-state index < -0.39 is 30.2 Å². The van der Waals surface area contributed by atoms with E-state index >= 15 is 0 Å². The summed E-state index contributed by atoms with van der Waals surface area (Å²) in [7, 11) is 0. The van der Waals surface area contributed by atoms with Crippen LogP contribution in [0.5, 0.6) is 0 Å². The Balaban J connectivity index is 0. The summed E-state index contributed by atoms with van der Waals surface area (Å²) in [6.45, 7) is 3.40. The van der Waals surface area contributed by atoms with E-state index in [2.05, 4.69) is 6.92 Å². The zero-order valence-electron chi connectivity index (χ0n) is 18.0. The molecule has 8 N–H and O–H groups in total. The number of unbranched alkanes of at least 4 members (excludes halogenated alkanes) is 8. The van der Waals surface area contributed by atoms with Crippen molar-refractivity contribution in [2.45, 2.75) is 95.8 Å². The fraction of sp³-hybridized carbons (Fsp3) is 0.850. The van der Waals surface area contributed by atoms with Gasteiger partial charge in [0.2, 0.25) is 0 Å². The fourth-order valence-electron chi connectivity index (χ4n) is 2.41. The van der Waals surface area contributed by atoms with Crippen molar-refractivity contribution >= 4 is 17.9 Å². The molecular formula is C20H40N2O8. The SMILES string of the molecule is CCCCCCCCCCOC(=O)[C@@H](N)CCCCN.O=C(O)C(O)C(O)C(=O)O. The topological polar surface area (TPSA) is 193 Å². The Morgan fingerprint density at radius 1 is 0.800 bits per heavy atom. The summed E-state index contributed by atoms with van der Waals surface area (Å²) >= 11 is 0. The maximum atomic E-state index is 11.6. The van der Waals surface area contributed by atoms with E-state index in [1.165, 1.54) is 38.5 Å². The van der Waals surface area contributed by atoms with Gasteiger partial charge in [0.1, 0.15) is 6.04 Å². The maximum absolute atomic E-state index is 11.6. The minimum Gasteiger partial charge on any atom is -0.479 e. The molecule has 3 atom stereocenters. The van der Waals surface area contributed by atoms with E-state index in [4.69, 9.17) is 36.6 Å². The Bertz CT molecular complexity index is 444. The Hall–Kier alpha value is -1.75. The molecule has 0 spiro atoms. The van der Waals surface area contributed by atoms with Gasteiger partial charge in [0, 0.05) is 0 Å². The van der Waals surface area contributed by atoms with Crippen molar-refractivity contribution in [1.29, 1.82) is 0 Å². The summed E-state index contributed by atoms with van der Waals surface area (Å²) in [6, 6.07) is -0.476. The van der Waals surface area contributed by atoms with Crippen LogP contribution in [-0.4, -0.2) is 69.7 Å². The standard InChI is InChI=1S/C16H34N2O2.C4H6O6/c1-2-3-4-5-6-7-8-11-14-20-16(19)15(18)12-9-10-13-17;5-1(3(7)8)2(6)4(9)10/h15H,2-14,17-18H2,1H3;1-2,5-6H,(H,7,8)(H,9,10)/t15-;/m0./s1. The van der Waals surface area contributed by atoms with E-state index in [-0.39, 0.29) is 5.97 Å². The van der Waals surface area contributed by atoms with Gasteiger partial charge in [0.05, 0.1) is 6.61 Å². The number of aliphatic hydroxyl groups excluding tert-OH is 2. The normalized spacial score (nSPS) is 13.5. The predicted molar refractivity (Wildman–Crippen MR) is 112 cm³/mol. The molecule has 0 rings (SSSR count). The van der Waals surface area contributed by atoms with Gasteiger partial charge in [0.25, 0.3) is 0 Å². The first-order valence-corrected chi connectivity index (χ1v) is 10.6. The van der Waals surface area contributed by atoms with Crippen LogP contribution in [0.25, 0.3) is 0 Å². The number of aliphatic hydroxyl groups is 2. The molecule has 0 aromatic rings. The van der Waals surface area contributed by atoms with Gasteiger partial charge in [0.15, 0.2) is 12.2 Å². The van der Waals surface area contributed by atoms with E-state index in [1.54, 1.807) is 0 Å². The predicted octanol–water partition coefficient (Wildman–Crippen LogP) is 1.00. The van der Waals surface area contributed by atoms with E-state index in [0.29, 0.717) is 19.6 Å². The third-order valence-electron chi connectivity index (χ3n) is 4.32. The number of carbonyl (C=O) groups excluding carboxylic acids is 1. The zero-order chi connectivity index (χ0) is 23.4. The highest BCUT2D eigenvalue weighted by Gasteiger charge is 2.29. The number of carboxylic acid groups (broad SMARTS) is 2. The molecular weight excluding hydrogens is 396 g/mol. The fourth-order valence-corrected chi connectivity index (χ4v) is 2.41. The summed E-state index contributed by atoms with van der Waals surface area (Å²) in [5.74, 6) is -3.80. The molecule has 0 aliphatic carbocycles.